The molecule has 0 saturated carbocycles. The first-order chi connectivity index (χ1) is 10.6. The van der Waals surface area contributed by atoms with Crippen molar-refractivity contribution in [3.63, 3.8) is 0 Å². The van der Waals surface area contributed by atoms with E-state index < -0.39 is 23.7 Å². The topological polar surface area (TPSA) is 87.2 Å². The first-order valence-corrected chi connectivity index (χ1v) is 8.08. The molecule has 1 aliphatic heterocycles. The number of carboxylic acids is 1. The standard InChI is InChI=1S/C16H28N2O5/c1-16(2,3)23-15(22)17(4)12(14(20)21)8-7-9-13(19)18-10-5-6-11-18/h12H,5-11H2,1-4H3,(H,20,21)/t12-/m0/s1. The van der Waals surface area contributed by atoms with Crippen molar-refractivity contribution in [2.45, 2.75) is 64.5 Å². The Hall–Kier alpha value is -1.79. The van der Waals surface area contributed by atoms with Crippen molar-refractivity contribution in [1.82, 2.24) is 9.80 Å². The molecule has 0 spiro atoms. The van der Waals surface area contributed by atoms with E-state index in [4.69, 9.17) is 4.74 Å². The van der Waals surface area contributed by atoms with Crippen LogP contribution < -0.4 is 0 Å². The van der Waals surface area contributed by atoms with Gasteiger partial charge in [0, 0.05) is 26.6 Å². The van der Waals surface area contributed by atoms with E-state index in [-0.39, 0.29) is 12.3 Å². The lowest BCUT2D eigenvalue weighted by Gasteiger charge is -2.28. The van der Waals surface area contributed by atoms with Crippen LogP contribution in [-0.4, -0.2) is 64.7 Å². The van der Waals surface area contributed by atoms with Crippen LogP contribution in [0.2, 0.25) is 0 Å². The number of likely N-dealkylation sites (N-methyl/N-ethyl adjacent to an activating group) is 1. The first kappa shape index (κ1) is 19.3. The molecule has 1 saturated heterocycles. The summed E-state index contributed by atoms with van der Waals surface area (Å²) in [5.74, 6) is -1.03. The van der Waals surface area contributed by atoms with Crippen LogP contribution in [0.5, 0.6) is 0 Å². The second kappa shape index (κ2) is 8.17. The van der Waals surface area contributed by atoms with Gasteiger partial charge in [-0.05, 0) is 46.5 Å². The van der Waals surface area contributed by atoms with Crippen molar-refractivity contribution in [2.75, 3.05) is 20.1 Å². The smallest absolute Gasteiger partial charge is 0.410 e. The van der Waals surface area contributed by atoms with Crippen LogP contribution in [0.25, 0.3) is 0 Å². The molecule has 23 heavy (non-hydrogen) atoms. The number of rotatable bonds is 6. The predicted octanol–water partition coefficient (Wildman–Crippen LogP) is 2.10. The third-order valence-corrected chi connectivity index (χ3v) is 3.76. The van der Waals surface area contributed by atoms with Gasteiger partial charge in [0.25, 0.3) is 0 Å². The van der Waals surface area contributed by atoms with E-state index in [1.165, 1.54) is 7.05 Å². The molecule has 0 unspecified atom stereocenters. The van der Waals surface area contributed by atoms with Gasteiger partial charge in [0.05, 0.1) is 0 Å². The highest BCUT2D eigenvalue weighted by Crippen LogP contribution is 2.16. The lowest BCUT2D eigenvalue weighted by molar-refractivity contribution is -0.143. The first-order valence-electron chi connectivity index (χ1n) is 8.08. The summed E-state index contributed by atoms with van der Waals surface area (Å²) in [4.78, 5) is 38.2. The van der Waals surface area contributed by atoms with Crippen molar-refractivity contribution >= 4 is 18.0 Å². The summed E-state index contributed by atoms with van der Waals surface area (Å²) >= 11 is 0. The van der Waals surface area contributed by atoms with Gasteiger partial charge in [-0.3, -0.25) is 9.69 Å². The minimum Gasteiger partial charge on any atom is -0.480 e. The summed E-state index contributed by atoms with van der Waals surface area (Å²) in [6.07, 6.45) is 2.36. The zero-order valence-electron chi connectivity index (χ0n) is 14.5. The number of nitrogens with zero attached hydrogens (tertiary/aromatic N) is 2. The molecule has 1 fully saturated rings. The number of carbonyl (C=O) groups excluding carboxylic acids is 2. The minimum atomic E-state index is -1.09. The summed E-state index contributed by atoms with van der Waals surface area (Å²) in [6.45, 7) is 6.76. The summed E-state index contributed by atoms with van der Waals surface area (Å²) in [5, 5.41) is 9.32. The summed E-state index contributed by atoms with van der Waals surface area (Å²) < 4.78 is 5.19. The van der Waals surface area contributed by atoms with E-state index in [1.54, 1.807) is 20.8 Å². The average Bonchev–Trinajstić information content (AvgIpc) is 2.94. The normalized spacial score (nSPS) is 16.1. The summed E-state index contributed by atoms with van der Waals surface area (Å²) in [5.41, 5.74) is -0.680. The van der Waals surface area contributed by atoms with Crippen molar-refractivity contribution < 1.29 is 24.2 Å². The SMILES string of the molecule is CN(C(=O)OC(C)(C)C)[C@@H](CCCC(=O)N1CCCC1)C(=O)O. The molecule has 1 N–H and O–H groups in total. The number of carbonyl (C=O) groups is 3. The molecule has 0 aromatic carbocycles. The fourth-order valence-electron chi connectivity index (χ4n) is 2.52. The Labute approximate surface area is 137 Å². The molecule has 1 heterocycles. The maximum atomic E-state index is 12.0. The van der Waals surface area contributed by atoms with Crippen LogP contribution in [0.1, 0.15) is 52.9 Å². The highest BCUT2D eigenvalue weighted by atomic mass is 16.6. The van der Waals surface area contributed by atoms with Gasteiger partial charge >= 0.3 is 12.1 Å². The Morgan fingerprint density at radius 2 is 1.78 bits per heavy atom. The molecule has 0 aromatic rings. The third kappa shape index (κ3) is 6.46. The average molecular weight is 328 g/mol. The quantitative estimate of drug-likeness (QED) is 0.807. The lowest BCUT2D eigenvalue weighted by atomic mass is 10.1. The number of hydrogen-bond acceptors (Lipinski definition) is 4. The second-order valence-corrected chi connectivity index (χ2v) is 6.93. The van der Waals surface area contributed by atoms with Gasteiger partial charge < -0.3 is 14.7 Å². The molecular formula is C16H28N2O5. The van der Waals surface area contributed by atoms with Crippen LogP contribution in [0.3, 0.4) is 0 Å². The Balaban J connectivity index is 2.49. The maximum absolute atomic E-state index is 12.0. The van der Waals surface area contributed by atoms with Crippen molar-refractivity contribution in [2.24, 2.45) is 0 Å². The Morgan fingerprint density at radius 3 is 2.26 bits per heavy atom. The van der Waals surface area contributed by atoms with E-state index >= 15 is 0 Å². The minimum absolute atomic E-state index is 0.0616. The van der Waals surface area contributed by atoms with Gasteiger partial charge in [0.1, 0.15) is 11.6 Å². The number of ether oxygens (including phenoxy) is 1. The van der Waals surface area contributed by atoms with Gasteiger partial charge in [-0.2, -0.15) is 0 Å². The van der Waals surface area contributed by atoms with Crippen molar-refractivity contribution in [3.05, 3.63) is 0 Å². The summed E-state index contributed by atoms with van der Waals surface area (Å²) in [7, 11) is 1.41. The molecule has 2 amide bonds. The predicted molar refractivity (Wildman–Crippen MR) is 85.1 cm³/mol. The van der Waals surface area contributed by atoms with Crippen LogP contribution >= 0.6 is 0 Å². The zero-order chi connectivity index (χ0) is 17.6. The molecule has 0 aliphatic carbocycles. The largest absolute Gasteiger partial charge is 0.480 e. The molecular weight excluding hydrogens is 300 g/mol. The molecule has 7 heteroatoms. The number of amides is 2. The molecule has 0 bridgehead atoms. The van der Waals surface area contributed by atoms with Gasteiger partial charge in [-0.15, -0.1) is 0 Å². The number of carboxylic acid groups (broad SMARTS) is 1. The van der Waals surface area contributed by atoms with Gasteiger partial charge in [0.2, 0.25) is 5.91 Å². The number of aliphatic carboxylic acids is 1. The highest BCUT2D eigenvalue weighted by molar-refractivity contribution is 5.80. The zero-order valence-corrected chi connectivity index (χ0v) is 14.5. The van der Waals surface area contributed by atoms with Crippen molar-refractivity contribution in [1.29, 1.82) is 0 Å². The van der Waals surface area contributed by atoms with Crippen LogP contribution in [0, 0.1) is 0 Å². The fourth-order valence-corrected chi connectivity index (χ4v) is 2.52. The third-order valence-electron chi connectivity index (χ3n) is 3.76. The second-order valence-electron chi connectivity index (χ2n) is 6.93. The molecule has 1 rings (SSSR count). The van der Waals surface area contributed by atoms with Gasteiger partial charge in [-0.25, -0.2) is 9.59 Å². The molecule has 7 nitrogen and oxygen atoms in total. The molecule has 132 valence electrons. The van der Waals surface area contributed by atoms with E-state index in [1.807, 2.05) is 4.90 Å². The highest BCUT2D eigenvalue weighted by Gasteiger charge is 2.30. The Morgan fingerprint density at radius 1 is 1.22 bits per heavy atom. The fraction of sp³-hybridized carbons (Fsp3) is 0.812. The summed E-state index contributed by atoms with van der Waals surface area (Å²) in [6, 6.07) is -0.990. The number of hydrogen-bond donors (Lipinski definition) is 1. The van der Waals surface area contributed by atoms with Crippen molar-refractivity contribution in [3.8, 4) is 0 Å². The number of likely N-dealkylation sites (tertiary alicyclic amines) is 1. The lowest BCUT2D eigenvalue weighted by Crippen LogP contribution is -2.45. The van der Waals surface area contributed by atoms with E-state index in [2.05, 4.69) is 0 Å². The van der Waals surface area contributed by atoms with Crippen LogP contribution in [-0.2, 0) is 14.3 Å². The van der Waals surface area contributed by atoms with Gasteiger partial charge in [0.15, 0.2) is 0 Å². The monoisotopic (exact) mass is 328 g/mol. The Bertz CT molecular complexity index is 438. The molecule has 0 aromatic heterocycles. The molecule has 1 atom stereocenters. The van der Waals surface area contributed by atoms with Crippen LogP contribution in [0.15, 0.2) is 0 Å². The van der Waals surface area contributed by atoms with E-state index in [0.717, 1.165) is 30.8 Å². The van der Waals surface area contributed by atoms with Gasteiger partial charge in [-0.1, -0.05) is 0 Å². The Kier molecular flexibility index (Phi) is 6.84. The van der Waals surface area contributed by atoms with Crippen LogP contribution in [0.4, 0.5) is 4.79 Å². The van der Waals surface area contributed by atoms with E-state index in [0.29, 0.717) is 12.8 Å². The molecule has 0 radical (unpaired) electrons. The van der Waals surface area contributed by atoms with E-state index in [9.17, 15) is 19.5 Å². The molecule has 1 aliphatic rings. The maximum Gasteiger partial charge on any atom is 0.410 e.